The van der Waals surface area contributed by atoms with Crippen molar-refractivity contribution >= 4 is 11.8 Å². The van der Waals surface area contributed by atoms with Crippen molar-refractivity contribution in [3.63, 3.8) is 0 Å². The third kappa shape index (κ3) is 3.36. The van der Waals surface area contributed by atoms with Gasteiger partial charge in [-0.2, -0.15) is 10.1 Å². The summed E-state index contributed by atoms with van der Waals surface area (Å²) >= 11 is 0. The fourth-order valence-corrected chi connectivity index (χ4v) is 2.74. The molecule has 0 aliphatic carbocycles. The van der Waals surface area contributed by atoms with Crippen LogP contribution in [0.1, 0.15) is 29.4 Å². The van der Waals surface area contributed by atoms with Crippen molar-refractivity contribution in [2.45, 2.75) is 32.7 Å². The number of anilines is 2. The molecule has 22 heavy (non-hydrogen) atoms. The van der Waals surface area contributed by atoms with Crippen LogP contribution in [0.25, 0.3) is 0 Å². The summed E-state index contributed by atoms with van der Waals surface area (Å²) in [6.45, 7) is 7.07. The lowest BCUT2D eigenvalue weighted by Gasteiger charge is -2.11. The molecule has 3 rings (SSSR count). The van der Waals surface area contributed by atoms with E-state index in [4.69, 9.17) is 10.5 Å². The summed E-state index contributed by atoms with van der Waals surface area (Å²) in [5, 5.41) is 7.74. The predicted molar refractivity (Wildman–Crippen MR) is 84.8 cm³/mol. The van der Waals surface area contributed by atoms with Crippen molar-refractivity contribution in [3.05, 3.63) is 29.2 Å². The highest BCUT2D eigenvalue weighted by atomic mass is 16.5. The van der Waals surface area contributed by atoms with E-state index in [1.54, 1.807) is 0 Å². The fourth-order valence-electron chi connectivity index (χ4n) is 2.74. The van der Waals surface area contributed by atoms with Gasteiger partial charge in [-0.15, -0.1) is 0 Å². The second-order valence-electron chi connectivity index (χ2n) is 5.67. The molecule has 7 nitrogen and oxygen atoms in total. The van der Waals surface area contributed by atoms with Crippen LogP contribution in [0, 0.1) is 13.8 Å². The lowest BCUT2D eigenvalue weighted by molar-refractivity contribution is 0.193. The molecule has 1 fully saturated rings. The maximum Gasteiger partial charge on any atom is 0.222 e. The highest BCUT2D eigenvalue weighted by Crippen LogP contribution is 2.25. The topological polar surface area (TPSA) is 90.9 Å². The molecule has 1 aliphatic heterocycles. The van der Waals surface area contributed by atoms with E-state index < -0.39 is 0 Å². The number of aromatic nitrogens is 4. The van der Waals surface area contributed by atoms with Gasteiger partial charge in [-0.1, -0.05) is 0 Å². The zero-order valence-electron chi connectivity index (χ0n) is 13.0. The molecule has 1 atom stereocenters. The van der Waals surface area contributed by atoms with E-state index in [1.165, 1.54) is 0 Å². The Balaban J connectivity index is 1.63. The largest absolute Gasteiger partial charge is 0.381 e. The van der Waals surface area contributed by atoms with E-state index in [1.807, 2.05) is 17.7 Å². The minimum Gasteiger partial charge on any atom is -0.381 e. The Morgan fingerprint density at radius 3 is 2.91 bits per heavy atom. The number of aryl methyl sites for hydroxylation is 2. The molecule has 0 unspecified atom stereocenters. The summed E-state index contributed by atoms with van der Waals surface area (Å²) in [7, 11) is 0. The molecule has 1 saturated heterocycles. The van der Waals surface area contributed by atoms with Gasteiger partial charge in [0.2, 0.25) is 5.95 Å². The lowest BCUT2D eigenvalue weighted by Crippen LogP contribution is -2.15. The van der Waals surface area contributed by atoms with Gasteiger partial charge in [0.15, 0.2) is 0 Å². The van der Waals surface area contributed by atoms with Crippen molar-refractivity contribution < 1.29 is 4.74 Å². The summed E-state index contributed by atoms with van der Waals surface area (Å²) in [5.41, 5.74) is 8.97. The van der Waals surface area contributed by atoms with Gasteiger partial charge < -0.3 is 15.8 Å². The number of nitrogen functional groups attached to an aromatic ring is 1. The highest BCUT2D eigenvalue weighted by molar-refractivity contribution is 5.41. The average molecular weight is 302 g/mol. The van der Waals surface area contributed by atoms with Crippen LogP contribution >= 0.6 is 0 Å². The van der Waals surface area contributed by atoms with E-state index in [-0.39, 0.29) is 0 Å². The van der Waals surface area contributed by atoms with E-state index in [0.29, 0.717) is 18.5 Å². The number of hydrogen-bond donors (Lipinski definition) is 2. The Morgan fingerprint density at radius 2 is 2.23 bits per heavy atom. The van der Waals surface area contributed by atoms with Gasteiger partial charge in [-0.05, 0) is 26.3 Å². The molecular formula is C15H22N6O. The van der Waals surface area contributed by atoms with Crippen molar-refractivity contribution in [2.75, 3.05) is 30.8 Å². The molecule has 3 heterocycles. The van der Waals surface area contributed by atoms with Crippen LogP contribution in [0.3, 0.4) is 0 Å². The van der Waals surface area contributed by atoms with Crippen LogP contribution in [0.15, 0.2) is 12.1 Å². The average Bonchev–Trinajstić information content (AvgIpc) is 3.09. The Labute approximate surface area is 129 Å². The number of nitrogens with zero attached hydrogens (tertiary/aromatic N) is 4. The standard InChI is InChI=1S/C15H22N6O/c1-10-7-11(2)21(20-10)5-4-17-14-8-13(18-15(16)19-14)12-3-6-22-9-12/h7-8,12H,3-6,9H2,1-2H3,(H3,16,17,18,19)/t12-/m0/s1. The number of nitrogens with two attached hydrogens (primary N) is 1. The van der Waals surface area contributed by atoms with E-state index in [9.17, 15) is 0 Å². The summed E-state index contributed by atoms with van der Waals surface area (Å²) in [4.78, 5) is 8.58. The quantitative estimate of drug-likeness (QED) is 0.869. The van der Waals surface area contributed by atoms with Crippen molar-refractivity contribution in [1.29, 1.82) is 0 Å². The normalized spacial score (nSPS) is 17.8. The maximum absolute atomic E-state index is 5.82. The maximum atomic E-state index is 5.82. The minimum absolute atomic E-state index is 0.304. The smallest absolute Gasteiger partial charge is 0.222 e. The summed E-state index contributed by atoms with van der Waals surface area (Å²) < 4.78 is 7.40. The lowest BCUT2D eigenvalue weighted by atomic mass is 10.0. The zero-order valence-corrected chi connectivity index (χ0v) is 13.0. The fraction of sp³-hybridized carbons (Fsp3) is 0.533. The Kier molecular flexibility index (Phi) is 4.24. The number of hydrogen-bond acceptors (Lipinski definition) is 6. The molecule has 0 amide bonds. The first kappa shape index (κ1) is 14.8. The van der Waals surface area contributed by atoms with Gasteiger partial charge in [0, 0.05) is 30.8 Å². The van der Waals surface area contributed by atoms with Gasteiger partial charge in [0.25, 0.3) is 0 Å². The van der Waals surface area contributed by atoms with Crippen LogP contribution in [0.2, 0.25) is 0 Å². The van der Waals surface area contributed by atoms with E-state index in [2.05, 4.69) is 33.4 Å². The Bertz CT molecular complexity index is 647. The van der Waals surface area contributed by atoms with Crippen LogP contribution < -0.4 is 11.1 Å². The second-order valence-corrected chi connectivity index (χ2v) is 5.67. The molecule has 3 N–H and O–H groups in total. The summed E-state index contributed by atoms with van der Waals surface area (Å²) in [6.07, 6.45) is 0.988. The molecule has 118 valence electrons. The van der Waals surface area contributed by atoms with Gasteiger partial charge in [-0.3, -0.25) is 4.68 Å². The molecule has 2 aromatic rings. The minimum atomic E-state index is 0.304. The highest BCUT2D eigenvalue weighted by Gasteiger charge is 2.20. The van der Waals surface area contributed by atoms with E-state index >= 15 is 0 Å². The summed E-state index contributed by atoms with van der Waals surface area (Å²) in [5.74, 6) is 1.39. The zero-order chi connectivity index (χ0) is 15.5. The van der Waals surface area contributed by atoms with Crippen LogP contribution in [-0.2, 0) is 11.3 Å². The number of rotatable bonds is 5. The molecule has 0 saturated carbocycles. The van der Waals surface area contributed by atoms with Crippen LogP contribution in [0.4, 0.5) is 11.8 Å². The SMILES string of the molecule is Cc1cc(C)n(CCNc2cc([C@H]3CCOC3)nc(N)n2)n1. The first-order chi connectivity index (χ1) is 10.6. The van der Waals surface area contributed by atoms with Crippen LogP contribution in [-0.4, -0.2) is 39.5 Å². The first-order valence-corrected chi connectivity index (χ1v) is 7.59. The van der Waals surface area contributed by atoms with Crippen molar-refractivity contribution in [3.8, 4) is 0 Å². The second kappa shape index (κ2) is 6.31. The summed E-state index contributed by atoms with van der Waals surface area (Å²) in [6, 6.07) is 4.04. The number of nitrogens with one attached hydrogen (secondary N) is 1. The van der Waals surface area contributed by atoms with E-state index in [0.717, 1.165) is 49.0 Å². The van der Waals surface area contributed by atoms with Crippen molar-refractivity contribution in [2.24, 2.45) is 0 Å². The molecule has 0 bridgehead atoms. The predicted octanol–water partition coefficient (Wildman–Crippen LogP) is 1.49. The molecule has 7 heteroatoms. The monoisotopic (exact) mass is 302 g/mol. The third-order valence-electron chi connectivity index (χ3n) is 3.84. The number of ether oxygens (including phenoxy) is 1. The Hall–Kier alpha value is -2.15. The van der Waals surface area contributed by atoms with Gasteiger partial charge in [0.1, 0.15) is 5.82 Å². The molecule has 0 spiro atoms. The molecular weight excluding hydrogens is 280 g/mol. The third-order valence-corrected chi connectivity index (χ3v) is 3.84. The van der Waals surface area contributed by atoms with Gasteiger partial charge in [0.05, 0.1) is 24.5 Å². The van der Waals surface area contributed by atoms with Crippen LogP contribution in [0.5, 0.6) is 0 Å². The molecule has 0 aromatic carbocycles. The Morgan fingerprint density at radius 1 is 1.36 bits per heavy atom. The van der Waals surface area contributed by atoms with Gasteiger partial charge >= 0.3 is 0 Å². The molecule has 2 aromatic heterocycles. The molecule has 0 radical (unpaired) electrons. The molecule has 1 aliphatic rings. The first-order valence-electron chi connectivity index (χ1n) is 7.59. The van der Waals surface area contributed by atoms with Gasteiger partial charge in [-0.25, -0.2) is 4.98 Å². The van der Waals surface area contributed by atoms with Crippen molar-refractivity contribution in [1.82, 2.24) is 19.7 Å².